The number of hydrogen-bond acceptors (Lipinski definition) is 3. The van der Waals surface area contributed by atoms with Gasteiger partial charge >= 0.3 is 0 Å². The van der Waals surface area contributed by atoms with Crippen LogP contribution in [0, 0.1) is 6.92 Å². The molecule has 3 aromatic rings. The molecule has 0 unspecified atom stereocenters. The molecule has 1 aliphatic rings. The van der Waals surface area contributed by atoms with E-state index in [2.05, 4.69) is 58.9 Å². The summed E-state index contributed by atoms with van der Waals surface area (Å²) in [4.78, 5) is 4.43. The number of aromatic nitrogens is 1. The Bertz CT molecular complexity index is 901. The minimum atomic E-state index is 0.506. The molecule has 0 bridgehead atoms. The number of fused-ring (bicyclic) bond motifs is 1. The first-order valence-electron chi connectivity index (χ1n) is 9.31. The summed E-state index contributed by atoms with van der Waals surface area (Å²) in [6, 6.07) is 17.7. The molecule has 1 aliphatic carbocycles. The number of nitrogens with one attached hydrogen (secondary N) is 2. The van der Waals surface area contributed by atoms with E-state index in [-0.39, 0.29) is 0 Å². The van der Waals surface area contributed by atoms with Crippen LogP contribution in [0.5, 0.6) is 0 Å². The monoisotopic (exact) mass is 365 g/mol. The number of nitrogens with zero attached hydrogens (tertiary/aromatic N) is 1. The molecule has 0 radical (unpaired) electrons. The topological polar surface area (TPSA) is 37.0 Å². The van der Waals surface area contributed by atoms with Gasteiger partial charge in [-0.1, -0.05) is 23.7 Å². The lowest BCUT2D eigenvalue weighted by Crippen LogP contribution is -2.32. The van der Waals surface area contributed by atoms with Gasteiger partial charge in [-0.3, -0.25) is 4.98 Å². The van der Waals surface area contributed by atoms with Gasteiger partial charge in [0.15, 0.2) is 0 Å². The lowest BCUT2D eigenvalue weighted by Gasteiger charge is -2.31. The van der Waals surface area contributed by atoms with E-state index in [0.29, 0.717) is 12.1 Å². The molecule has 26 heavy (non-hydrogen) atoms. The molecule has 1 aromatic heterocycles. The third kappa shape index (κ3) is 3.94. The molecular formula is C22H24ClN3. The van der Waals surface area contributed by atoms with Crippen molar-refractivity contribution in [3.63, 3.8) is 0 Å². The molecule has 0 saturated heterocycles. The molecule has 2 aromatic carbocycles. The van der Waals surface area contributed by atoms with Crippen LogP contribution in [0.2, 0.25) is 5.02 Å². The van der Waals surface area contributed by atoms with Crippen LogP contribution in [0.1, 0.15) is 31.2 Å². The van der Waals surface area contributed by atoms with Crippen molar-refractivity contribution in [1.29, 1.82) is 0 Å². The van der Waals surface area contributed by atoms with E-state index < -0.39 is 0 Å². The van der Waals surface area contributed by atoms with Crippen LogP contribution in [0.3, 0.4) is 0 Å². The Morgan fingerprint density at radius 2 is 1.69 bits per heavy atom. The van der Waals surface area contributed by atoms with E-state index in [1.54, 1.807) is 0 Å². The predicted octanol–water partition coefficient (Wildman–Crippen LogP) is 6.03. The largest absolute Gasteiger partial charge is 0.382 e. The zero-order chi connectivity index (χ0) is 17.9. The van der Waals surface area contributed by atoms with Gasteiger partial charge in [0.2, 0.25) is 0 Å². The van der Waals surface area contributed by atoms with Gasteiger partial charge < -0.3 is 10.6 Å². The maximum absolute atomic E-state index is 6.09. The van der Waals surface area contributed by atoms with Gasteiger partial charge in [0.25, 0.3) is 0 Å². The summed E-state index contributed by atoms with van der Waals surface area (Å²) < 4.78 is 0. The molecule has 4 heteroatoms. The van der Waals surface area contributed by atoms with Crippen LogP contribution >= 0.6 is 11.6 Å². The van der Waals surface area contributed by atoms with E-state index in [4.69, 9.17) is 11.6 Å². The number of pyridine rings is 1. The molecule has 0 atom stereocenters. The molecule has 134 valence electrons. The summed E-state index contributed by atoms with van der Waals surface area (Å²) >= 11 is 6.09. The first-order chi connectivity index (χ1) is 12.7. The number of rotatable bonds is 4. The van der Waals surface area contributed by atoms with Crippen molar-refractivity contribution in [2.45, 2.75) is 44.7 Å². The van der Waals surface area contributed by atoms with Crippen molar-refractivity contribution in [3.8, 4) is 0 Å². The summed E-state index contributed by atoms with van der Waals surface area (Å²) in [6.07, 6.45) is 6.55. The third-order valence-electron chi connectivity index (χ3n) is 5.18. The maximum atomic E-state index is 6.09. The van der Waals surface area contributed by atoms with E-state index in [0.717, 1.165) is 21.6 Å². The maximum Gasteiger partial charge on any atom is 0.0737 e. The van der Waals surface area contributed by atoms with Crippen molar-refractivity contribution >= 4 is 33.9 Å². The normalized spacial score (nSPS) is 20.1. The van der Waals surface area contributed by atoms with Gasteiger partial charge in [-0.2, -0.15) is 0 Å². The Kier molecular flexibility index (Phi) is 4.98. The third-order valence-corrected chi connectivity index (χ3v) is 5.42. The molecule has 0 aliphatic heterocycles. The van der Waals surface area contributed by atoms with E-state index in [9.17, 15) is 0 Å². The highest BCUT2D eigenvalue weighted by molar-refractivity contribution is 6.31. The average Bonchev–Trinajstić information content (AvgIpc) is 2.63. The highest BCUT2D eigenvalue weighted by Crippen LogP contribution is 2.29. The van der Waals surface area contributed by atoms with E-state index in [1.165, 1.54) is 36.9 Å². The van der Waals surface area contributed by atoms with Crippen molar-refractivity contribution in [1.82, 2.24) is 4.98 Å². The molecule has 4 rings (SSSR count). The molecule has 1 saturated carbocycles. The highest BCUT2D eigenvalue weighted by Gasteiger charge is 2.21. The number of benzene rings is 2. The zero-order valence-corrected chi connectivity index (χ0v) is 15.8. The number of aryl methyl sites for hydroxylation is 1. The highest BCUT2D eigenvalue weighted by atomic mass is 35.5. The molecule has 3 nitrogen and oxygen atoms in total. The van der Waals surface area contributed by atoms with Crippen molar-refractivity contribution < 1.29 is 0 Å². The zero-order valence-electron chi connectivity index (χ0n) is 15.0. The summed E-state index contributed by atoms with van der Waals surface area (Å²) in [5, 5.41) is 9.28. The SMILES string of the molecule is Cc1cccc(NC2CCC(Nc3ccnc4cc(Cl)ccc34)CC2)c1. The Morgan fingerprint density at radius 1 is 0.923 bits per heavy atom. The summed E-state index contributed by atoms with van der Waals surface area (Å²) in [5.41, 5.74) is 4.63. The van der Waals surface area contributed by atoms with Gasteiger partial charge in [-0.05, 0) is 74.6 Å². The number of hydrogen-bond donors (Lipinski definition) is 2. The van der Waals surface area contributed by atoms with Crippen LogP contribution < -0.4 is 10.6 Å². The Hall–Kier alpha value is -2.26. The molecule has 0 amide bonds. The van der Waals surface area contributed by atoms with Gasteiger partial charge in [0.1, 0.15) is 0 Å². The number of halogens is 1. The lowest BCUT2D eigenvalue weighted by atomic mass is 9.90. The van der Waals surface area contributed by atoms with Gasteiger partial charge in [0, 0.05) is 40.1 Å². The second-order valence-electron chi connectivity index (χ2n) is 7.23. The molecule has 1 heterocycles. The van der Waals surface area contributed by atoms with Crippen LogP contribution in [0.25, 0.3) is 10.9 Å². The van der Waals surface area contributed by atoms with E-state index in [1.807, 2.05) is 18.3 Å². The van der Waals surface area contributed by atoms with Crippen LogP contribution in [-0.2, 0) is 0 Å². The summed E-state index contributed by atoms with van der Waals surface area (Å²) in [5.74, 6) is 0. The van der Waals surface area contributed by atoms with Gasteiger partial charge in [0.05, 0.1) is 5.52 Å². The van der Waals surface area contributed by atoms with Gasteiger partial charge in [-0.15, -0.1) is 0 Å². The molecule has 2 N–H and O–H groups in total. The van der Waals surface area contributed by atoms with Crippen molar-refractivity contribution in [2.24, 2.45) is 0 Å². The molecular weight excluding hydrogens is 342 g/mol. The summed E-state index contributed by atoms with van der Waals surface area (Å²) in [7, 11) is 0. The predicted molar refractivity (Wildman–Crippen MR) is 111 cm³/mol. The number of anilines is 2. The fourth-order valence-corrected chi connectivity index (χ4v) is 3.99. The average molecular weight is 366 g/mol. The quantitative estimate of drug-likeness (QED) is 0.592. The Morgan fingerprint density at radius 3 is 2.46 bits per heavy atom. The summed E-state index contributed by atoms with van der Waals surface area (Å²) in [6.45, 7) is 2.14. The fraction of sp³-hybridized carbons (Fsp3) is 0.318. The van der Waals surface area contributed by atoms with Crippen LogP contribution in [0.15, 0.2) is 54.7 Å². The van der Waals surface area contributed by atoms with Crippen LogP contribution in [-0.4, -0.2) is 17.1 Å². The fourth-order valence-electron chi connectivity index (χ4n) is 3.82. The van der Waals surface area contributed by atoms with Gasteiger partial charge in [-0.25, -0.2) is 0 Å². The Labute approximate surface area is 159 Å². The smallest absolute Gasteiger partial charge is 0.0737 e. The van der Waals surface area contributed by atoms with Crippen LogP contribution in [0.4, 0.5) is 11.4 Å². The second-order valence-corrected chi connectivity index (χ2v) is 7.66. The van der Waals surface area contributed by atoms with E-state index >= 15 is 0 Å². The second kappa shape index (κ2) is 7.55. The minimum Gasteiger partial charge on any atom is -0.382 e. The minimum absolute atomic E-state index is 0.506. The first kappa shape index (κ1) is 17.2. The molecule has 0 spiro atoms. The first-order valence-corrected chi connectivity index (χ1v) is 9.69. The van der Waals surface area contributed by atoms with Crippen molar-refractivity contribution in [2.75, 3.05) is 10.6 Å². The van der Waals surface area contributed by atoms with Crippen molar-refractivity contribution in [3.05, 3.63) is 65.3 Å². The molecule has 1 fully saturated rings. The standard InChI is InChI=1S/C22H24ClN3/c1-15-3-2-4-19(13-15)25-17-6-8-18(9-7-17)26-21-11-12-24-22-14-16(23)5-10-20(21)22/h2-5,10-14,17-18,25H,6-9H2,1H3,(H,24,26). The Balaban J connectivity index is 1.38. The lowest BCUT2D eigenvalue weighted by molar-refractivity contribution is 0.429.